The minimum atomic E-state index is -0.0283. The molecule has 1 atom stereocenters. The molecule has 40 valence electrons. The highest BCUT2D eigenvalue weighted by atomic mass is 127. The van der Waals surface area contributed by atoms with E-state index in [1.54, 1.807) is 0 Å². The van der Waals surface area contributed by atoms with Gasteiger partial charge in [-0.2, -0.15) is 0 Å². The molecular formula is C5H6BrI. The SMILES string of the molecule is CC#CC(C)(Br)I. The summed E-state index contributed by atoms with van der Waals surface area (Å²) < 4.78 is -0.0283. The molecule has 0 N–H and O–H groups in total. The van der Waals surface area contributed by atoms with Gasteiger partial charge in [0, 0.05) is 0 Å². The minimum Gasteiger partial charge on any atom is -0.104 e. The van der Waals surface area contributed by atoms with E-state index in [1.165, 1.54) is 0 Å². The van der Waals surface area contributed by atoms with Gasteiger partial charge in [-0.15, -0.1) is 5.92 Å². The molecule has 0 fully saturated rings. The van der Waals surface area contributed by atoms with Gasteiger partial charge in [-0.3, -0.25) is 0 Å². The molecule has 0 nitrogen and oxygen atoms in total. The van der Waals surface area contributed by atoms with Gasteiger partial charge in [-0.25, -0.2) is 0 Å². The van der Waals surface area contributed by atoms with Crippen LogP contribution in [-0.2, 0) is 0 Å². The maximum atomic E-state index is 3.35. The van der Waals surface area contributed by atoms with Crippen molar-refractivity contribution in [2.45, 2.75) is 16.2 Å². The molecule has 0 heterocycles. The largest absolute Gasteiger partial charge is 0.134 e. The Morgan fingerprint density at radius 3 is 2.14 bits per heavy atom. The summed E-state index contributed by atoms with van der Waals surface area (Å²) in [5, 5.41) is 0. The van der Waals surface area contributed by atoms with Crippen LogP contribution in [0, 0.1) is 11.8 Å². The summed E-state index contributed by atoms with van der Waals surface area (Å²) in [4.78, 5) is 0. The van der Waals surface area contributed by atoms with Crippen molar-refractivity contribution in [1.29, 1.82) is 0 Å². The van der Waals surface area contributed by atoms with Crippen molar-refractivity contribution in [1.82, 2.24) is 0 Å². The summed E-state index contributed by atoms with van der Waals surface area (Å²) in [5.74, 6) is 5.74. The molecule has 0 aliphatic heterocycles. The van der Waals surface area contributed by atoms with Crippen LogP contribution >= 0.6 is 38.5 Å². The minimum absolute atomic E-state index is 0.0283. The van der Waals surface area contributed by atoms with E-state index in [1.807, 2.05) is 13.8 Å². The molecule has 2 heteroatoms. The monoisotopic (exact) mass is 272 g/mol. The third-order valence-electron chi connectivity index (χ3n) is 0.344. The molecule has 0 radical (unpaired) electrons. The highest BCUT2D eigenvalue weighted by molar-refractivity contribution is 14.1. The van der Waals surface area contributed by atoms with Crippen LogP contribution in [0.3, 0.4) is 0 Å². The predicted octanol–water partition coefficient (Wildman–Crippen LogP) is 2.56. The first-order valence-electron chi connectivity index (χ1n) is 1.88. The van der Waals surface area contributed by atoms with E-state index in [2.05, 4.69) is 50.4 Å². The number of halogens is 2. The average molecular weight is 273 g/mol. The molecule has 0 saturated carbocycles. The molecule has 0 bridgehead atoms. The molecule has 0 spiro atoms. The molecule has 0 amide bonds. The second-order valence-electron chi connectivity index (χ2n) is 1.26. The van der Waals surface area contributed by atoms with Crippen LogP contribution in [0.15, 0.2) is 0 Å². The van der Waals surface area contributed by atoms with Crippen LogP contribution in [0.4, 0.5) is 0 Å². The highest BCUT2D eigenvalue weighted by Gasteiger charge is 2.07. The number of rotatable bonds is 0. The fourth-order valence-corrected chi connectivity index (χ4v) is 0.687. The third-order valence-corrected chi connectivity index (χ3v) is 0.812. The zero-order valence-electron chi connectivity index (χ0n) is 4.26. The van der Waals surface area contributed by atoms with Gasteiger partial charge in [-0.05, 0) is 13.8 Å². The van der Waals surface area contributed by atoms with Crippen molar-refractivity contribution in [3.05, 3.63) is 0 Å². The van der Waals surface area contributed by atoms with Gasteiger partial charge in [0.05, 0.1) is 0 Å². The second-order valence-corrected chi connectivity index (χ2v) is 6.49. The van der Waals surface area contributed by atoms with Crippen LogP contribution in [0.2, 0.25) is 0 Å². The van der Waals surface area contributed by atoms with Gasteiger partial charge in [0.1, 0.15) is 2.33 Å². The Kier molecular flexibility index (Phi) is 3.25. The van der Waals surface area contributed by atoms with Gasteiger partial charge in [0.2, 0.25) is 0 Å². The predicted molar refractivity (Wildman–Crippen MR) is 44.8 cm³/mol. The summed E-state index contributed by atoms with van der Waals surface area (Å²) in [7, 11) is 0. The molecule has 7 heavy (non-hydrogen) atoms. The van der Waals surface area contributed by atoms with Crippen LogP contribution in [0.25, 0.3) is 0 Å². The topological polar surface area (TPSA) is 0 Å². The summed E-state index contributed by atoms with van der Waals surface area (Å²) >= 11 is 5.57. The van der Waals surface area contributed by atoms with E-state index in [-0.39, 0.29) is 2.33 Å². The van der Waals surface area contributed by atoms with Gasteiger partial charge < -0.3 is 0 Å². The third kappa shape index (κ3) is 6.77. The van der Waals surface area contributed by atoms with Crippen LogP contribution in [0.1, 0.15) is 13.8 Å². The maximum absolute atomic E-state index is 3.35. The number of hydrogen-bond acceptors (Lipinski definition) is 0. The van der Waals surface area contributed by atoms with Gasteiger partial charge in [0.25, 0.3) is 0 Å². The molecule has 0 aromatic rings. The molecule has 0 rings (SSSR count). The van der Waals surface area contributed by atoms with Crippen molar-refractivity contribution < 1.29 is 0 Å². The van der Waals surface area contributed by atoms with Crippen LogP contribution in [-0.4, -0.2) is 2.33 Å². The lowest BCUT2D eigenvalue weighted by atomic mass is 10.5. The fourth-order valence-electron chi connectivity index (χ4n) is 0.219. The lowest BCUT2D eigenvalue weighted by Crippen LogP contribution is -1.96. The molecular weight excluding hydrogens is 267 g/mol. The first-order valence-corrected chi connectivity index (χ1v) is 3.75. The standard InChI is InChI=1S/C5H6BrI/c1-3-4-5(2,6)7/h1-2H3. The van der Waals surface area contributed by atoms with E-state index in [4.69, 9.17) is 0 Å². The summed E-state index contributed by atoms with van der Waals surface area (Å²) in [6, 6.07) is 0. The molecule has 0 aromatic heterocycles. The van der Waals surface area contributed by atoms with Crippen molar-refractivity contribution in [2.75, 3.05) is 0 Å². The molecule has 1 unspecified atom stereocenters. The van der Waals surface area contributed by atoms with Crippen molar-refractivity contribution >= 4 is 38.5 Å². The normalized spacial score (nSPS) is 16.6. The fraction of sp³-hybridized carbons (Fsp3) is 0.600. The highest BCUT2D eigenvalue weighted by Crippen LogP contribution is 2.23. The Labute approximate surface area is 66.3 Å². The van der Waals surface area contributed by atoms with E-state index in [0.717, 1.165) is 0 Å². The average Bonchev–Trinajstić information content (AvgIpc) is 1.30. The Hall–Kier alpha value is 0.770. The lowest BCUT2D eigenvalue weighted by Gasteiger charge is -2.00. The van der Waals surface area contributed by atoms with Crippen molar-refractivity contribution in [2.24, 2.45) is 0 Å². The second kappa shape index (κ2) is 2.93. The quantitative estimate of drug-likeness (QED) is 0.361. The molecule has 0 aromatic carbocycles. The first-order chi connectivity index (χ1) is 3.06. The van der Waals surface area contributed by atoms with Gasteiger partial charge in [0.15, 0.2) is 0 Å². The zero-order chi connectivity index (χ0) is 5.91. The van der Waals surface area contributed by atoms with Crippen molar-refractivity contribution in [3.8, 4) is 11.8 Å². The lowest BCUT2D eigenvalue weighted by molar-refractivity contribution is 1.29. The summed E-state index contributed by atoms with van der Waals surface area (Å²) in [6.07, 6.45) is 0. The first kappa shape index (κ1) is 7.77. The van der Waals surface area contributed by atoms with Crippen molar-refractivity contribution in [3.63, 3.8) is 0 Å². The van der Waals surface area contributed by atoms with Gasteiger partial charge in [-0.1, -0.05) is 44.4 Å². The smallest absolute Gasteiger partial charge is 0.104 e. The molecule has 0 saturated heterocycles. The molecule has 0 aliphatic carbocycles. The van der Waals surface area contributed by atoms with E-state index in [0.29, 0.717) is 0 Å². The summed E-state index contributed by atoms with van der Waals surface area (Å²) in [5.41, 5.74) is 0. The Morgan fingerprint density at radius 2 is 2.14 bits per heavy atom. The van der Waals surface area contributed by atoms with E-state index < -0.39 is 0 Å². The van der Waals surface area contributed by atoms with Crippen LogP contribution < -0.4 is 0 Å². The molecule has 0 aliphatic rings. The Morgan fingerprint density at radius 1 is 1.71 bits per heavy atom. The van der Waals surface area contributed by atoms with E-state index in [9.17, 15) is 0 Å². The number of hydrogen-bond donors (Lipinski definition) is 0. The van der Waals surface area contributed by atoms with Gasteiger partial charge >= 0.3 is 0 Å². The maximum Gasteiger partial charge on any atom is 0.134 e. The van der Waals surface area contributed by atoms with Crippen LogP contribution in [0.5, 0.6) is 0 Å². The Bertz CT molecular complexity index is 101. The zero-order valence-corrected chi connectivity index (χ0v) is 8.00. The number of alkyl halides is 2. The summed E-state index contributed by atoms with van der Waals surface area (Å²) in [6.45, 7) is 3.84. The van der Waals surface area contributed by atoms with E-state index >= 15 is 0 Å². The Balaban J connectivity index is 3.72.